The average Bonchev–Trinajstić information content (AvgIpc) is 2.71. The Hall–Kier alpha value is -3.37. The molecule has 0 atom stereocenters. The SMILES string of the molecule is Cc1c(F)cc(C(=O)Nc2ccc(NC(=O)CN3CCOCC3)cc2)cc1[N+](=O)[O-]. The summed E-state index contributed by atoms with van der Waals surface area (Å²) in [5.41, 5.74) is 0.206. The molecule has 1 aliphatic heterocycles. The van der Waals surface area contributed by atoms with Gasteiger partial charge in [0, 0.05) is 36.1 Å². The van der Waals surface area contributed by atoms with Crippen molar-refractivity contribution in [3.8, 4) is 0 Å². The number of ether oxygens (including phenoxy) is 1. The van der Waals surface area contributed by atoms with Crippen LogP contribution >= 0.6 is 0 Å². The number of nitrogens with one attached hydrogen (secondary N) is 2. The number of rotatable bonds is 6. The van der Waals surface area contributed by atoms with Crippen LogP contribution in [0.5, 0.6) is 0 Å². The molecule has 0 unspecified atom stereocenters. The Kier molecular flexibility index (Phi) is 6.70. The van der Waals surface area contributed by atoms with Gasteiger partial charge in [0.2, 0.25) is 5.91 Å². The van der Waals surface area contributed by atoms with Crippen molar-refractivity contribution in [1.29, 1.82) is 0 Å². The van der Waals surface area contributed by atoms with Gasteiger partial charge in [-0.25, -0.2) is 4.39 Å². The van der Waals surface area contributed by atoms with Gasteiger partial charge in [-0.1, -0.05) is 0 Å². The van der Waals surface area contributed by atoms with Gasteiger partial charge in [-0.3, -0.25) is 24.6 Å². The fraction of sp³-hybridized carbons (Fsp3) is 0.300. The van der Waals surface area contributed by atoms with Crippen LogP contribution < -0.4 is 10.6 Å². The number of amides is 2. The van der Waals surface area contributed by atoms with E-state index in [1.165, 1.54) is 6.92 Å². The number of morpholine rings is 1. The van der Waals surface area contributed by atoms with Crippen molar-refractivity contribution in [2.75, 3.05) is 43.5 Å². The van der Waals surface area contributed by atoms with E-state index in [0.717, 1.165) is 12.1 Å². The van der Waals surface area contributed by atoms with Crippen LogP contribution in [-0.2, 0) is 9.53 Å². The number of nitro groups is 1. The third-order valence-electron chi connectivity index (χ3n) is 4.67. The first-order valence-corrected chi connectivity index (χ1v) is 9.29. The van der Waals surface area contributed by atoms with E-state index in [0.29, 0.717) is 37.7 Å². The highest BCUT2D eigenvalue weighted by atomic mass is 19.1. The Morgan fingerprint density at radius 1 is 1.13 bits per heavy atom. The summed E-state index contributed by atoms with van der Waals surface area (Å²) in [6.45, 7) is 4.17. The molecule has 0 aliphatic carbocycles. The Bertz CT molecular complexity index is 958. The molecular formula is C20H21FN4O5. The first-order chi connectivity index (χ1) is 14.3. The molecule has 1 fully saturated rings. The van der Waals surface area contributed by atoms with Crippen LogP contribution in [-0.4, -0.2) is 54.5 Å². The molecule has 1 heterocycles. The van der Waals surface area contributed by atoms with E-state index in [-0.39, 0.29) is 23.6 Å². The highest BCUT2D eigenvalue weighted by Gasteiger charge is 2.19. The summed E-state index contributed by atoms with van der Waals surface area (Å²) < 4.78 is 19.2. The molecule has 1 aliphatic rings. The smallest absolute Gasteiger partial charge is 0.276 e. The molecular weight excluding hydrogens is 395 g/mol. The molecule has 0 bridgehead atoms. The average molecular weight is 416 g/mol. The minimum atomic E-state index is -0.826. The van der Waals surface area contributed by atoms with Gasteiger partial charge in [0.15, 0.2) is 0 Å². The zero-order valence-corrected chi connectivity index (χ0v) is 16.3. The highest BCUT2D eigenvalue weighted by molar-refractivity contribution is 6.05. The van der Waals surface area contributed by atoms with Crippen molar-refractivity contribution in [3.05, 3.63) is 63.5 Å². The van der Waals surface area contributed by atoms with Crippen molar-refractivity contribution in [2.45, 2.75) is 6.92 Å². The molecule has 10 heteroatoms. The maximum atomic E-state index is 13.9. The molecule has 2 amide bonds. The lowest BCUT2D eigenvalue weighted by Gasteiger charge is -2.25. The lowest BCUT2D eigenvalue weighted by Crippen LogP contribution is -2.41. The van der Waals surface area contributed by atoms with Gasteiger partial charge in [-0.05, 0) is 37.3 Å². The second-order valence-electron chi connectivity index (χ2n) is 6.83. The number of nitrogens with zero attached hydrogens (tertiary/aromatic N) is 2. The minimum Gasteiger partial charge on any atom is -0.379 e. The van der Waals surface area contributed by atoms with E-state index in [9.17, 15) is 24.1 Å². The van der Waals surface area contributed by atoms with Gasteiger partial charge in [0.05, 0.1) is 30.2 Å². The molecule has 158 valence electrons. The first-order valence-electron chi connectivity index (χ1n) is 9.29. The van der Waals surface area contributed by atoms with Crippen molar-refractivity contribution in [1.82, 2.24) is 4.90 Å². The fourth-order valence-corrected chi connectivity index (χ4v) is 2.99. The molecule has 30 heavy (non-hydrogen) atoms. The molecule has 0 radical (unpaired) electrons. The summed E-state index contributed by atoms with van der Waals surface area (Å²) in [7, 11) is 0. The molecule has 9 nitrogen and oxygen atoms in total. The normalized spacial score (nSPS) is 14.2. The Labute approximate surface area is 172 Å². The van der Waals surface area contributed by atoms with E-state index < -0.39 is 22.3 Å². The summed E-state index contributed by atoms with van der Waals surface area (Å²) in [5, 5.41) is 16.4. The minimum absolute atomic E-state index is 0.131. The first kappa shape index (κ1) is 21.3. The second kappa shape index (κ2) is 9.42. The van der Waals surface area contributed by atoms with Gasteiger partial charge >= 0.3 is 0 Å². The van der Waals surface area contributed by atoms with Gasteiger partial charge in [0.1, 0.15) is 5.82 Å². The largest absolute Gasteiger partial charge is 0.379 e. The number of carbonyl (C=O) groups excluding carboxylic acids is 2. The lowest BCUT2D eigenvalue weighted by molar-refractivity contribution is -0.385. The molecule has 1 saturated heterocycles. The summed E-state index contributed by atoms with van der Waals surface area (Å²) >= 11 is 0. The number of benzene rings is 2. The Balaban J connectivity index is 1.60. The third-order valence-corrected chi connectivity index (χ3v) is 4.67. The summed E-state index contributed by atoms with van der Waals surface area (Å²) in [6, 6.07) is 8.37. The van der Waals surface area contributed by atoms with Crippen LogP contribution in [0.3, 0.4) is 0 Å². The Morgan fingerprint density at radius 3 is 2.33 bits per heavy atom. The van der Waals surface area contributed by atoms with Crippen molar-refractivity contribution in [3.63, 3.8) is 0 Å². The number of anilines is 2. The summed E-state index contributed by atoms with van der Waals surface area (Å²) in [5.74, 6) is -1.66. The zero-order chi connectivity index (χ0) is 21.7. The second-order valence-corrected chi connectivity index (χ2v) is 6.83. The predicted molar refractivity (Wildman–Crippen MR) is 108 cm³/mol. The molecule has 2 aromatic carbocycles. The molecule has 2 aromatic rings. The number of nitro benzene ring substituents is 1. The number of hydrogen-bond donors (Lipinski definition) is 2. The van der Waals surface area contributed by atoms with Gasteiger partial charge in [-0.2, -0.15) is 0 Å². The van der Waals surface area contributed by atoms with Crippen LogP contribution in [0.4, 0.5) is 21.5 Å². The van der Waals surface area contributed by atoms with Crippen LogP contribution in [0.2, 0.25) is 0 Å². The van der Waals surface area contributed by atoms with E-state index >= 15 is 0 Å². The van der Waals surface area contributed by atoms with Gasteiger partial charge < -0.3 is 15.4 Å². The van der Waals surface area contributed by atoms with E-state index in [2.05, 4.69) is 10.6 Å². The van der Waals surface area contributed by atoms with Crippen LogP contribution in [0.1, 0.15) is 15.9 Å². The molecule has 2 N–H and O–H groups in total. The van der Waals surface area contributed by atoms with Crippen LogP contribution in [0, 0.1) is 22.9 Å². The monoisotopic (exact) mass is 416 g/mol. The van der Waals surface area contributed by atoms with Gasteiger partial charge in [-0.15, -0.1) is 0 Å². The maximum absolute atomic E-state index is 13.9. The topological polar surface area (TPSA) is 114 Å². The quantitative estimate of drug-likeness (QED) is 0.553. The fourth-order valence-electron chi connectivity index (χ4n) is 2.99. The number of hydrogen-bond acceptors (Lipinski definition) is 6. The van der Waals surface area contributed by atoms with Crippen LogP contribution in [0.15, 0.2) is 36.4 Å². The number of carbonyl (C=O) groups is 2. The molecule has 0 spiro atoms. The standard InChI is InChI=1S/C20H21FN4O5/c1-13-17(21)10-14(11-18(13)25(28)29)20(27)23-16-4-2-15(3-5-16)22-19(26)12-24-6-8-30-9-7-24/h2-5,10-11H,6-9,12H2,1H3,(H,22,26)(H,23,27). The summed E-state index contributed by atoms with van der Waals surface area (Å²) in [4.78, 5) is 36.8. The summed E-state index contributed by atoms with van der Waals surface area (Å²) in [6.07, 6.45) is 0. The molecule has 0 aromatic heterocycles. The van der Waals surface area contributed by atoms with E-state index in [1.54, 1.807) is 24.3 Å². The molecule has 3 rings (SSSR count). The lowest BCUT2D eigenvalue weighted by atomic mass is 10.1. The Morgan fingerprint density at radius 2 is 1.73 bits per heavy atom. The maximum Gasteiger partial charge on any atom is 0.276 e. The predicted octanol–water partition coefficient (Wildman–Crippen LogP) is 2.57. The highest BCUT2D eigenvalue weighted by Crippen LogP contribution is 2.23. The van der Waals surface area contributed by atoms with Crippen molar-refractivity contribution < 1.29 is 23.6 Å². The number of halogens is 1. The van der Waals surface area contributed by atoms with Crippen molar-refractivity contribution >= 4 is 28.9 Å². The van der Waals surface area contributed by atoms with Crippen molar-refractivity contribution in [2.24, 2.45) is 0 Å². The van der Waals surface area contributed by atoms with Crippen LogP contribution in [0.25, 0.3) is 0 Å². The molecule has 0 saturated carbocycles. The zero-order valence-electron chi connectivity index (χ0n) is 16.3. The third kappa shape index (κ3) is 5.37. The van der Waals surface area contributed by atoms with E-state index in [4.69, 9.17) is 4.74 Å². The van der Waals surface area contributed by atoms with E-state index in [1.807, 2.05) is 4.90 Å². The van der Waals surface area contributed by atoms with Gasteiger partial charge in [0.25, 0.3) is 11.6 Å².